The largest absolute Gasteiger partial charge is 1.00 e. The number of para-hydroxylation sites is 2. The summed E-state index contributed by atoms with van der Waals surface area (Å²) in [6.07, 6.45) is 1.96. The number of benzene rings is 7. The number of rotatable bonds is 5. The van der Waals surface area contributed by atoms with Crippen molar-refractivity contribution < 1.29 is 55.8 Å². The number of furan rings is 1. The van der Waals surface area contributed by atoms with Crippen LogP contribution < -0.4 is 56.4 Å². The van der Waals surface area contributed by atoms with E-state index in [0.717, 1.165) is 40.9 Å². The van der Waals surface area contributed by atoms with Crippen LogP contribution in [-0.4, -0.2) is 4.68 Å². The predicted molar refractivity (Wildman–Crippen MR) is 220 cm³/mol. The van der Waals surface area contributed by atoms with Crippen molar-refractivity contribution in [1.82, 2.24) is 4.68 Å². The molecule has 1 unspecified atom stereocenters. The van der Waals surface area contributed by atoms with E-state index in [-0.39, 0.29) is 57.4 Å². The molecule has 256 valence electrons. The average molecular weight is 724 g/mol. The van der Waals surface area contributed by atoms with Crippen LogP contribution in [0.2, 0.25) is 0 Å². The van der Waals surface area contributed by atoms with Crippen LogP contribution >= 0.6 is 0 Å². The molecule has 0 fully saturated rings. The number of hydrogen-bond donors (Lipinski definition) is 0. The van der Waals surface area contributed by atoms with E-state index >= 15 is 0 Å². The molecule has 0 saturated heterocycles. The Hall–Kier alpha value is -4.88. The zero-order valence-corrected chi connectivity index (χ0v) is 34.0. The first-order chi connectivity index (χ1) is 26.3. The summed E-state index contributed by atoms with van der Waals surface area (Å²) in [5.41, 5.74) is 20.9. The van der Waals surface area contributed by atoms with Gasteiger partial charge in [-0.25, -0.2) is 0 Å². The Morgan fingerprint density at radius 1 is 0.556 bits per heavy atom. The fraction of sp³-hybridized carbons (Fsp3) is 0.102. The number of aromatic nitrogens is 1. The van der Waals surface area contributed by atoms with Gasteiger partial charge in [-0.05, 0) is 87.8 Å². The van der Waals surface area contributed by atoms with Crippen LogP contribution in [0.25, 0.3) is 71.7 Å². The standard InChI is InChI=1S/C47H32N3O.C2H6.K/c1-2-11-30(12-3-1)32-14-10-15-35(27-32)47-38-18-7-9-20-42(38)50(47)48-49-41-19-8-6-17-37(41)39-28-33(21-24-43(39)49)34-23-25-44-40(29-34)46-36-16-5-4-13-31(36)22-26-45(46)51-44;1-2;/h1-21,23-25,27-29,47H,22,26H2;1-2H3;/q-1;;+1. The van der Waals surface area contributed by atoms with Crippen LogP contribution in [0.15, 0.2) is 168 Å². The first-order valence-corrected chi connectivity index (χ1v) is 18.7. The summed E-state index contributed by atoms with van der Waals surface area (Å²) in [5, 5.41) is 5.74. The maximum atomic E-state index is 6.40. The second kappa shape index (κ2) is 14.4. The molecule has 54 heavy (non-hydrogen) atoms. The van der Waals surface area contributed by atoms with Crippen molar-refractivity contribution in [3.63, 3.8) is 0 Å². The van der Waals surface area contributed by atoms with Gasteiger partial charge in [0.2, 0.25) is 0 Å². The van der Waals surface area contributed by atoms with E-state index < -0.39 is 0 Å². The molecular formula is C49H38KN3O. The first-order valence-electron chi connectivity index (χ1n) is 18.7. The Kier molecular flexibility index (Phi) is 9.30. The Morgan fingerprint density at radius 2 is 1.24 bits per heavy atom. The first kappa shape index (κ1) is 34.9. The molecule has 1 aliphatic carbocycles. The Balaban J connectivity index is 0.00000126. The molecule has 1 aliphatic heterocycles. The molecule has 0 N–H and O–H groups in total. The molecule has 1 atom stereocenters. The topological polar surface area (TPSA) is 35.4 Å². The normalized spacial score (nSPS) is 14.0. The molecule has 0 spiro atoms. The molecule has 4 nitrogen and oxygen atoms in total. The minimum Gasteiger partial charge on any atom is -0.526 e. The zero-order valence-electron chi connectivity index (χ0n) is 30.8. The summed E-state index contributed by atoms with van der Waals surface area (Å²) >= 11 is 0. The fourth-order valence-electron chi connectivity index (χ4n) is 8.43. The van der Waals surface area contributed by atoms with Crippen LogP contribution in [0.5, 0.6) is 0 Å². The monoisotopic (exact) mass is 723 g/mol. The SMILES string of the molecule is CC.[K+].c1ccc(-c2cccc(C3c4ccccc4N3[N-]n3c4ccccc4c4cc(-c5ccc6oc7c(c6c5)-c5ccccc5CC7)ccc43)c2)cc1. The quantitative estimate of drug-likeness (QED) is 0.166. The maximum absolute atomic E-state index is 6.40. The summed E-state index contributed by atoms with van der Waals surface area (Å²) in [6.45, 7) is 4.00. The van der Waals surface area contributed by atoms with Gasteiger partial charge < -0.3 is 19.6 Å². The van der Waals surface area contributed by atoms with Crippen LogP contribution in [0, 0.1) is 0 Å². The van der Waals surface area contributed by atoms with Crippen LogP contribution in [0.1, 0.15) is 42.3 Å². The molecule has 3 heterocycles. The molecule has 2 aliphatic rings. The summed E-state index contributed by atoms with van der Waals surface area (Å²) < 4.78 is 8.53. The van der Waals surface area contributed by atoms with E-state index in [4.69, 9.17) is 9.95 Å². The number of fused-ring (bicyclic) bond motifs is 9. The van der Waals surface area contributed by atoms with Crippen molar-refractivity contribution in [2.24, 2.45) is 0 Å². The summed E-state index contributed by atoms with van der Waals surface area (Å²) in [4.78, 5) is 0. The molecule has 5 heteroatoms. The van der Waals surface area contributed by atoms with Gasteiger partial charge in [0, 0.05) is 50.4 Å². The molecule has 7 aromatic carbocycles. The minimum atomic E-state index is 0. The smallest absolute Gasteiger partial charge is 0.526 e. The van der Waals surface area contributed by atoms with Gasteiger partial charge >= 0.3 is 51.4 Å². The van der Waals surface area contributed by atoms with Crippen molar-refractivity contribution in [3.05, 3.63) is 192 Å². The van der Waals surface area contributed by atoms with E-state index in [1.165, 1.54) is 66.2 Å². The van der Waals surface area contributed by atoms with Gasteiger partial charge in [-0.15, -0.1) is 0 Å². The average Bonchev–Trinajstić information content (AvgIpc) is 3.76. The number of nitrogens with zero attached hydrogens (tertiary/aromatic N) is 3. The van der Waals surface area contributed by atoms with Gasteiger partial charge in [-0.2, -0.15) is 0 Å². The van der Waals surface area contributed by atoms with Gasteiger partial charge in [0.1, 0.15) is 11.3 Å². The third-order valence-corrected chi connectivity index (χ3v) is 10.9. The molecule has 2 aromatic heterocycles. The zero-order chi connectivity index (χ0) is 35.5. The number of aryl methyl sites for hydroxylation is 2. The van der Waals surface area contributed by atoms with Gasteiger partial charge in [-0.1, -0.05) is 135 Å². The molecule has 11 rings (SSSR count). The van der Waals surface area contributed by atoms with E-state index in [0.29, 0.717) is 0 Å². The Labute approximate surface area is 358 Å². The predicted octanol–water partition coefficient (Wildman–Crippen LogP) is 10.3. The molecule has 0 amide bonds. The van der Waals surface area contributed by atoms with E-state index in [1.54, 1.807) is 0 Å². The minimum absolute atomic E-state index is 0. The van der Waals surface area contributed by atoms with Crippen LogP contribution in [0.3, 0.4) is 0 Å². The van der Waals surface area contributed by atoms with Gasteiger partial charge in [-0.3, -0.25) is 0 Å². The molecule has 0 saturated carbocycles. The van der Waals surface area contributed by atoms with Crippen molar-refractivity contribution in [1.29, 1.82) is 0 Å². The maximum Gasteiger partial charge on any atom is 1.00 e. The summed E-state index contributed by atoms with van der Waals surface area (Å²) in [6, 6.07) is 58.9. The Morgan fingerprint density at radius 3 is 2.13 bits per heavy atom. The van der Waals surface area contributed by atoms with Gasteiger partial charge in [0.05, 0.1) is 6.04 Å². The third-order valence-electron chi connectivity index (χ3n) is 10.9. The van der Waals surface area contributed by atoms with Crippen molar-refractivity contribution in [3.8, 4) is 33.4 Å². The second-order valence-electron chi connectivity index (χ2n) is 13.7. The van der Waals surface area contributed by atoms with E-state index in [2.05, 4.69) is 173 Å². The summed E-state index contributed by atoms with van der Waals surface area (Å²) in [5.74, 6) is 1.10. The Bertz CT molecular complexity index is 2820. The van der Waals surface area contributed by atoms with Crippen LogP contribution in [0.4, 0.5) is 5.69 Å². The van der Waals surface area contributed by atoms with Crippen LogP contribution in [-0.2, 0) is 12.8 Å². The molecule has 9 aromatic rings. The number of hydrogen-bond acceptors (Lipinski definition) is 2. The fourth-order valence-corrected chi connectivity index (χ4v) is 8.43. The van der Waals surface area contributed by atoms with E-state index in [9.17, 15) is 0 Å². The van der Waals surface area contributed by atoms with E-state index in [1.807, 2.05) is 13.8 Å². The second-order valence-corrected chi connectivity index (χ2v) is 13.7. The number of anilines is 1. The van der Waals surface area contributed by atoms with Crippen molar-refractivity contribution in [2.45, 2.75) is 32.7 Å². The van der Waals surface area contributed by atoms with Gasteiger partial charge in [0.15, 0.2) is 0 Å². The molecule has 0 bridgehead atoms. The third kappa shape index (κ3) is 5.65. The van der Waals surface area contributed by atoms with Crippen molar-refractivity contribution in [2.75, 3.05) is 5.01 Å². The summed E-state index contributed by atoms with van der Waals surface area (Å²) in [7, 11) is 0. The van der Waals surface area contributed by atoms with Crippen molar-refractivity contribution >= 4 is 38.5 Å². The van der Waals surface area contributed by atoms with Gasteiger partial charge in [0.25, 0.3) is 0 Å². The molecule has 0 radical (unpaired) electrons. The molecular weight excluding hydrogens is 686 g/mol.